The Kier molecular flexibility index (Phi) is 5.28. The van der Waals surface area contributed by atoms with E-state index in [1.54, 1.807) is 6.07 Å². The summed E-state index contributed by atoms with van der Waals surface area (Å²) in [6, 6.07) is 10.6. The van der Waals surface area contributed by atoms with E-state index in [4.69, 9.17) is 4.42 Å². The van der Waals surface area contributed by atoms with Gasteiger partial charge in [0.15, 0.2) is 5.76 Å². The molecule has 2 amide bonds. The highest BCUT2D eigenvalue weighted by molar-refractivity contribution is 9.10. The van der Waals surface area contributed by atoms with Gasteiger partial charge in [-0.3, -0.25) is 9.59 Å². The van der Waals surface area contributed by atoms with Crippen LogP contribution in [0.5, 0.6) is 0 Å². The lowest BCUT2D eigenvalue weighted by atomic mass is 10.2. The van der Waals surface area contributed by atoms with Crippen molar-refractivity contribution in [2.75, 3.05) is 6.54 Å². The zero-order valence-corrected chi connectivity index (χ0v) is 12.5. The highest BCUT2D eigenvalue weighted by atomic mass is 79.9. The molecule has 1 heterocycles. The van der Waals surface area contributed by atoms with Crippen molar-refractivity contribution in [2.24, 2.45) is 5.10 Å². The van der Waals surface area contributed by atoms with Crippen molar-refractivity contribution in [3.8, 4) is 0 Å². The average molecular weight is 350 g/mol. The molecule has 0 aliphatic heterocycles. The van der Waals surface area contributed by atoms with E-state index in [0.29, 0.717) is 0 Å². The number of hydrazone groups is 1. The van der Waals surface area contributed by atoms with Gasteiger partial charge in [-0.15, -0.1) is 0 Å². The van der Waals surface area contributed by atoms with E-state index in [0.717, 1.165) is 10.0 Å². The first-order valence-electron chi connectivity index (χ1n) is 6.04. The topological polar surface area (TPSA) is 83.7 Å². The standard InChI is InChI=1S/C14H12BrN3O3/c15-11-4-1-3-10(7-11)8-17-18-13(19)9-16-14(20)12-5-2-6-21-12/h1-8H,9H2,(H,16,20)(H,18,19). The van der Waals surface area contributed by atoms with Gasteiger partial charge in [-0.05, 0) is 29.8 Å². The quantitative estimate of drug-likeness (QED) is 0.638. The number of furan rings is 1. The maximum Gasteiger partial charge on any atom is 0.287 e. The summed E-state index contributed by atoms with van der Waals surface area (Å²) in [6.07, 6.45) is 2.90. The first-order valence-corrected chi connectivity index (χ1v) is 6.83. The molecule has 21 heavy (non-hydrogen) atoms. The van der Waals surface area contributed by atoms with Crippen LogP contribution in [0.4, 0.5) is 0 Å². The number of amides is 2. The zero-order chi connectivity index (χ0) is 15.1. The summed E-state index contributed by atoms with van der Waals surface area (Å²) in [6.45, 7) is -0.185. The second-order valence-corrected chi connectivity index (χ2v) is 4.92. The number of hydrogen-bond acceptors (Lipinski definition) is 4. The number of benzene rings is 1. The van der Waals surface area contributed by atoms with Crippen LogP contribution in [-0.4, -0.2) is 24.6 Å². The molecular formula is C14H12BrN3O3. The predicted octanol–water partition coefficient (Wildman–Crippen LogP) is 1.92. The van der Waals surface area contributed by atoms with Gasteiger partial charge in [0, 0.05) is 4.47 Å². The summed E-state index contributed by atoms with van der Waals surface area (Å²) in [4.78, 5) is 23.0. The van der Waals surface area contributed by atoms with Crippen molar-refractivity contribution >= 4 is 34.0 Å². The number of nitrogens with one attached hydrogen (secondary N) is 2. The largest absolute Gasteiger partial charge is 0.459 e. The van der Waals surface area contributed by atoms with Gasteiger partial charge < -0.3 is 9.73 Å². The van der Waals surface area contributed by atoms with E-state index in [1.807, 2.05) is 24.3 Å². The van der Waals surface area contributed by atoms with Crippen LogP contribution in [0.1, 0.15) is 16.1 Å². The molecule has 0 spiro atoms. The van der Waals surface area contributed by atoms with Gasteiger partial charge in [-0.2, -0.15) is 5.10 Å². The normalized spacial score (nSPS) is 10.5. The number of carbonyl (C=O) groups excluding carboxylic acids is 2. The fourth-order valence-electron chi connectivity index (χ4n) is 1.46. The van der Waals surface area contributed by atoms with Crippen LogP contribution >= 0.6 is 15.9 Å². The fraction of sp³-hybridized carbons (Fsp3) is 0.0714. The number of carbonyl (C=O) groups is 2. The van der Waals surface area contributed by atoms with Gasteiger partial charge in [0.25, 0.3) is 11.8 Å². The van der Waals surface area contributed by atoms with Crippen molar-refractivity contribution in [3.63, 3.8) is 0 Å². The second-order valence-electron chi connectivity index (χ2n) is 4.01. The molecule has 1 aromatic carbocycles. The van der Waals surface area contributed by atoms with Crippen molar-refractivity contribution in [1.82, 2.24) is 10.7 Å². The van der Waals surface area contributed by atoms with Crippen LogP contribution in [-0.2, 0) is 4.79 Å². The summed E-state index contributed by atoms with van der Waals surface area (Å²) < 4.78 is 5.82. The van der Waals surface area contributed by atoms with Gasteiger partial charge in [-0.1, -0.05) is 28.1 Å². The van der Waals surface area contributed by atoms with Crippen molar-refractivity contribution < 1.29 is 14.0 Å². The molecule has 0 saturated heterocycles. The number of halogens is 1. The van der Waals surface area contributed by atoms with Gasteiger partial charge in [0.2, 0.25) is 0 Å². The molecule has 1 aromatic heterocycles. The molecule has 0 unspecified atom stereocenters. The van der Waals surface area contributed by atoms with Crippen LogP contribution in [0.25, 0.3) is 0 Å². The van der Waals surface area contributed by atoms with Gasteiger partial charge in [0.05, 0.1) is 19.0 Å². The van der Waals surface area contributed by atoms with E-state index < -0.39 is 11.8 Å². The lowest BCUT2D eigenvalue weighted by molar-refractivity contribution is -0.120. The smallest absolute Gasteiger partial charge is 0.287 e. The molecule has 0 atom stereocenters. The summed E-state index contributed by atoms with van der Waals surface area (Å²) in [5.41, 5.74) is 3.16. The van der Waals surface area contributed by atoms with Crippen LogP contribution in [0.3, 0.4) is 0 Å². The molecule has 108 valence electrons. The number of nitrogens with zero attached hydrogens (tertiary/aromatic N) is 1. The summed E-state index contributed by atoms with van der Waals surface area (Å²) >= 11 is 3.34. The summed E-state index contributed by atoms with van der Waals surface area (Å²) in [7, 11) is 0. The minimum atomic E-state index is -0.453. The summed E-state index contributed by atoms with van der Waals surface area (Å²) in [5.74, 6) is -0.729. The van der Waals surface area contributed by atoms with E-state index in [1.165, 1.54) is 18.5 Å². The molecule has 0 bridgehead atoms. The van der Waals surface area contributed by atoms with Crippen LogP contribution in [0.15, 0.2) is 56.7 Å². The van der Waals surface area contributed by atoms with Crippen molar-refractivity contribution in [2.45, 2.75) is 0 Å². The van der Waals surface area contributed by atoms with Gasteiger partial charge in [0.1, 0.15) is 0 Å². The Morgan fingerprint density at radius 3 is 2.86 bits per heavy atom. The number of rotatable bonds is 5. The van der Waals surface area contributed by atoms with Crippen molar-refractivity contribution in [3.05, 3.63) is 58.5 Å². The Balaban J connectivity index is 1.76. The highest BCUT2D eigenvalue weighted by Crippen LogP contribution is 2.09. The third kappa shape index (κ3) is 4.88. The maximum absolute atomic E-state index is 11.5. The molecule has 2 aromatic rings. The summed E-state index contributed by atoms with van der Waals surface area (Å²) in [5, 5.41) is 6.22. The van der Waals surface area contributed by atoms with E-state index in [2.05, 4.69) is 31.8 Å². The first kappa shape index (κ1) is 15.0. The molecular weight excluding hydrogens is 338 g/mol. The molecule has 0 radical (unpaired) electrons. The minimum absolute atomic E-state index is 0.153. The maximum atomic E-state index is 11.5. The third-order valence-electron chi connectivity index (χ3n) is 2.41. The first-order chi connectivity index (χ1) is 10.1. The van der Waals surface area contributed by atoms with Crippen molar-refractivity contribution in [1.29, 1.82) is 0 Å². The molecule has 0 fully saturated rings. The second kappa shape index (κ2) is 7.39. The fourth-order valence-corrected chi connectivity index (χ4v) is 1.88. The zero-order valence-electron chi connectivity index (χ0n) is 10.9. The van der Waals surface area contributed by atoms with E-state index in [-0.39, 0.29) is 12.3 Å². The molecule has 0 aliphatic carbocycles. The minimum Gasteiger partial charge on any atom is -0.459 e. The van der Waals surface area contributed by atoms with Gasteiger partial charge in [-0.25, -0.2) is 5.43 Å². The predicted molar refractivity (Wildman–Crippen MR) is 80.9 cm³/mol. The Morgan fingerprint density at radius 1 is 1.29 bits per heavy atom. The SMILES string of the molecule is O=C(CNC(=O)c1ccco1)NN=Cc1cccc(Br)c1. The Labute approximate surface area is 129 Å². The molecule has 6 nitrogen and oxygen atoms in total. The highest BCUT2D eigenvalue weighted by Gasteiger charge is 2.09. The van der Waals surface area contributed by atoms with E-state index in [9.17, 15) is 9.59 Å². The monoisotopic (exact) mass is 349 g/mol. The average Bonchev–Trinajstić information content (AvgIpc) is 2.99. The number of hydrogen-bond donors (Lipinski definition) is 2. The lowest BCUT2D eigenvalue weighted by Crippen LogP contribution is -2.34. The Morgan fingerprint density at radius 2 is 2.14 bits per heavy atom. The molecule has 0 saturated carbocycles. The van der Waals surface area contributed by atoms with Crippen LogP contribution in [0.2, 0.25) is 0 Å². The lowest BCUT2D eigenvalue weighted by Gasteiger charge is -2.01. The Bertz CT molecular complexity index is 653. The Hall–Kier alpha value is -2.41. The van der Waals surface area contributed by atoms with E-state index >= 15 is 0 Å². The third-order valence-corrected chi connectivity index (χ3v) is 2.90. The molecule has 2 N–H and O–H groups in total. The van der Waals surface area contributed by atoms with Gasteiger partial charge >= 0.3 is 0 Å². The molecule has 7 heteroatoms. The molecule has 0 aliphatic rings. The molecule has 2 rings (SSSR count). The van der Waals surface area contributed by atoms with Crippen LogP contribution in [0, 0.1) is 0 Å². The van der Waals surface area contributed by atoms with Crippen LogP contribution < -0.4 is 10.7 Å².